The Labute approximate surface area is 171 Å². The van der Waals surface area contributed by atoms with Gasteiger partial charge in [-0.05, 0) is 61.4 Å². The van der Waals surface area contributed by atoms with Gasteiger partial charge in [0.25, 0.3) is 11.8 Å². The van der Waals surface area contributed by atoms with Crippen LogP contribution in [0.4, 0.5) is 10.8 Å². The summed E-state index contributed by atoms with van der Waals surface area (Å²) in [4.78, 5) is 28.2. The summed E-state index contributed by atoms with van der Waals surface area (Å²) in [7, 11) is 0. The van der Waals surface area contributed by atoms with Crippen molar-refractivity contribution in [2.45, 2.75) is 13.8 Å². The van der Waals surface area contributed by atoms with Crippen molar-refractivity contribution in [3.05, 3.63) is 69.7 Å². The molecule has 8 heteroatoms. The van der Waals surface area contributed by atoms with E-state index in [1.807, 2.05) is 13.8 Å². The first-order valence-electron chi connectivity index (χ1n) is 8.42. The molecule has 0 aliphatic carbocycles. The summed E-state index contributed by atoms with van der Waals surface area (Å²) in [6.07, 6.45) is 1.62. The number of aromatic nitrogens is 1. The Kier molecular flexibility index (Phi) is 6.28. The second-order valence-electron chi connectivity index (χ2n) is 6.08. The van der Waals surface area contributed by atoms with Crippen LogP contribution in [0.2, 0.25) is 5.02 Å². The lowest BCUT2D eigenvalue weighted by Crippen LogP contribution is -2.20. The Morgan fingerprint density at radius 1 is 1.11 bits per heavy atom. The van der Waals surface area contributed by atoms with E-state index in [1.54, 1.807) is 48.0 Å². The number of aryl methyl sites for hydroxylation is 2. The van der Waals surface area contributed by atoms with E-state index in [-0.39, 0.29) is 18.4 Å². The fraction of sp³-hybridized carbons (Fsp3) is 0.150. The molecule has 3 rings (SSSR count). The zero-order chi connectivity index (χ0) is 20.1. The van der Waals surface area contributed by atoms with Crippen molar-refractivity contribution in [2.24, 2.45) is 0 Å². The lowest BCUT2D eigenvalue weighted by molar-refractivity contribution is -0.118. The molecule has 0 fully saturated rings. The minimum atomic E-state index is -0.301. The third-order valence-electron chi connectivity index (χ3n) is 3.86. The Balaban J connectivity index is 1.53. The second kappa shape index (κ2) is 8.86. The van der Waals surface area contributed by atoms with E-state index in [9.17, 15) is 9.59 Å². The monoisotopic (exact) mass is 415 g/mol. The van der Waals surface area contributed by atoms with E-state index in [4.69, 9.17) is 16.3 Å². The van der Waals surface area contributed by atoms with Crippen molar-refractivity contribution in [3.8, 4) is 5.75 Å². The molecule has 2 aromatic carbocycles. The number of halogens is 1. The Morgan fingerprint density at radius 3 is 2.39 bits per heavy atom. The van der Waals surface area contributed by atoms with E-state index >= 15 is 0 Å². The van der Waals surface area contributed by atoms with Crippen LogP contribution in [0.3, 0.4) is 0 Å². The first-order chi connectivity index (χ1) is 13.4. The fourth-order valence-electron chi connectivity index (χ4n) is 2.49. The molecule has 0 bridgehead atoms. The van der Waals surface area contributed by atoms with Gasteiger partial charge in [-0.2, -0.15) is 0 Å². The molecule has 0 atom stereocenters. The molecular weight excluding hydrogens is 398 g/mol. The predicted octanol–water partition coefficient (Wildman–Crippen LogP) is 4.68. The van der Waals surface area contributed by atoms with Crippen molar-refractivity contribution in [3.63, 3.8) is 0 Å². The van der Waals surface area contributed by atoms with Gasteiger partial charge < -0.3 is 10.1 Å². The number of carbonyl (C=O) groups excluding carboxylic acids is 2. The number of hydrogen-bond donors (Lipinski definition) is 2. The molecule has 2 N–H and O–H groups in total. The molecule has 0 unspecified atom stereocenters. The zero-order valence-corrected chi connectivity index (χ0v) is 16.9. The van der Waals surface area contributed by atoms with Gasteiger partial charge in [0.05, 0.1) is 0 Å². The number of rotatable bonds is 6. The van der Waals surface area contributed by atoms with Crippen molar-refractivity contribution in [1.29, 1.82) is 0 Å². The molecule has 1 heterocycles. The molecule has 1 aromatic heterocycles. The molecule has 0 spiro atoms. The average molecular weight is 416 g/mol. The zero-order valence-electron chi connectivity index (χ0n) is 15.3. The van der Waals surface area contributed by atoms with Gasteiger partial charge in [0.15, 0.2) is 11.7 Å². The molecule has 28 heavy (non-hydrogen) atoms. The second-order valence-corrected chi connectivity index (χ2v) is 7.35. The number of hydrogen-bond acceptors (Lipinski definition) is 5. The quantitative estimate of drug-likeness (QED) is 0.612. The maximum atomic E-state index is 12.1. The molecular formula is C20H18ClN3O3S. The number of amides is 2. The fourth-order valence-corrected chi connectivity index (χ4v) is 3.13. The molecule has 0 aliphatic rings. The molecule has 0 aliphatic heterocycles. The van der Waals surface area contributed by atoms with Crippen LogP contribution in [0.15, 0.2) is 48.0 Å². The maximum Gasteiger partial charge on any atom is 0.262 e. The van der Waals surface area contributed by atoms with E-state index < -0.39 is 0 Å². The number of carbonyl (C=O) groups is 2. The van der Waals surface area contributed by atoms with Gasteiger partial charge in [0.1, 0.15) is 5.75 Å². The summed E-state index contributed by atoms with van der Waals surface area (Å²) >= 11 is 7.47. The molecule has 6 nitrogen and oxygen atoms in total. The van der Waals surface area contributed by atoms with Gasteiger partial charge in [-0.25, -0.2) is 4.98 Å². The summed E-state index contributed by atoms with van der Waals surface area (Å²) in [5, 5.41) is 8.44. The van der Waals surface area contributed by atoms with Crippen LogP contribution in [-0.4, -0.2) is 23.4 Å². The van der Waals surface area contributed by atoms with Gasteiger partial charge in [0, 0.05) is 27.9 Å². The highest BCUT2D eigenvalue weighted by Crippen LogP contribution is 2.25. The normalized spacial score (nSPS) is 10.4. The first kappa shape index (κ1) is 19.9. The first-order valence-corrected chi connectivity index (χ1v) is 9.68. The summed E-state index contributed by atoms with van der Waals surface area (Å²) in [6, 6.07) is 10.2. The minimum Gasteiger partial charge on any atom is -0.484 e. The van der Waals surface area contributed by atoms with Gasteiger partial charge in [0.2, 0.25) is 0 Å². The molecule has 0 saturated carbocycles. The van der Waals surface area contributed by atoms with Crippen molar-refractivity contribution in [2.75, 3.05) is 17.2 Å². The third kappa shape index (κ3) is 5.09. The van der Waals surface area contributed by atoms with Gasteiger partial charge in [-0.1, -0.05) is 11.6 Å². The lowest BCUT2D eigenvalue weighted by atomic mass is 10.1. The van der Waals surface area contributed by atoms with Crippen molar-refractivity contribution in [1.82, 2.24) is 4.98 Å². The van der Waals surface area contributed by atoms with E-state index in [1.165, 1.54) is 11.3 Å². The summed E-state index contributed by atoms with van der Waals surface area (Å²) in [5.74, 6) is 0.0265. The maximum absolute atomic E-state index is 12.1. The Morgan fingerprint density at radius 2 is 1.79 bits per heavy atom. The number of nitrogens with one attached hydrogen (secondary N) is 2. The Bertz CT molecular complexity index is 965. The van der Waals surface area contributed by atoms with Gasteiger partial charge >= 0.3 is 0 Å². The van der Waals surface area contributed by atoms with Crippen molar-refractivity contribution < 1.29 is 14.3 Å². The minimum absolute atomic E-state index is 0.132. The topological polar surface area (TPSA) is 80.3 Å². The number of nitrogens with zero attached hydrogens (tertiary/aromatic N) is 1. The van der Waals surface area contributed by atoms with Crippen LogP contribution >= 0.6 is 22.9 Å². The van der Waals surface area contributed by atoms with Crippen LogP contribution in [0.1, 0.15) is 21.5 Å². The number of thiazole rings is 1. The highest BCUT2D eigenvalue weighted by molar-refractivity contribution is 7.13. The molecule has 0 saturated heterocycles. The summed E-state index contributed by atoms with van der Waals surface area (Å²) in [6.45, 7) is 3.63. The van der Waals surface area contributed by atoms with Crippen LogP contribution in [-0.2, 0) is 4.79 Å². The Hall–Kier alpha value is -2.90. The third-order valence-corrected chi connectivity index (χ3v) is 5.15. The average Bonchev–Trinajstić information content (AvgIpc) is 3.18. The van der Waals surface area contributed by atoms with Crippen LogP contribution in [0, 0.1) is 13.8 Å². The molecule has 0 radical (unpaired) electrons. The van der Waals surface area contributed by atoms with E-state index in [0.29, 0.717) is 27.2 Å². The highest BCUT2D eigenvalue weighted by Gasteiger charge is 2.10. The van der Waals surface area contributed by atoms with Gasteiger partial charge in [-0.3, -0.25) is 14.9 Å². The lowest BCUT2D eigenvalue weighted by Gasteiger charge is -2.10. The van der Waals surface area contributed by atoms with Crippen LogP contribution < -0.4 is 15.4 Å². The largest absolute Gasteiger partial charge is 0.484 e. The summed E-state index contributed by atoms with van der Waals surface area (Å²) in [5.41, 5.74) is 2.83. The predicted molar refractivity (Wildman–Crippen MR) is 112 cm³/mol. The highest BCUT2D eigenvalue weighted by atomic mass is 35.5. The summed E-state index contributed by atoms with van der Waals surface area (Å²) < 4.78 is 5.54. The van der Waals surface area contributed by atoms with Crippen molar-refractivity contribution >= 4 is 45.6 Å². The molecule has 3 aromatic rings. The number of anilines is 2. The SMILES string of the molecule is Cc1cc(OCC(=O)Nc2ccc(C(=O)Nc3nccs3)cc2)cc(C)c1Cl. The molecule has 144 valence electrons. The molecule has 2 amide bonds. The smallest absolute Gasteiger partial charge is 0.262 e. The van der Waals surface area contributed by atoms with E-state index in [2.05, 4.69) is 15.6 Å². The van der Waals surface area contributed by atoms with E-state index in [0.717, 1.165) is 11.1 Å². The number of benzene rings is 2. The van der Waals surface area contributed by atoms with Crippen LogP contribution in [0.5, 0.6) is 5.75 Å². The standard InChI is InChI=1S/C20H18ClN3O3S/c1-12-9-16(10-13(2)18(12)21)27-11-17(25)23-15-5-3-14(4-6-15)19(26)24-20-22-7-8-28-20/h3-10H,11H2,1-2H3,(H,23,25)(H,22,24,26). The van der Waals surface area contributed by atoms with Gasteiger partial charge in [-0.15, -0.1) is 11.3 Å². The number of ether oxygens (including phenoxy) is 1. The van der Waals surface area contributed by atoms with Crippen LogP contribution in [0.25, 0.3) is 0 Å².